The van der Waals surface area contributed by atoms with Crippen LogP contribution in [0.3, 0.4) is 0 Å². The Morgan fingerprint density at radius 2 is 2.26 bits per heavy atom. The fourth-order valence-corrected chi connectivity index (χ4v) is 2.44. The van der Waals surface area contributed by atoms with E-state index >= 15 is 0 Å². The van der Waals surface area contributed by atoms with E-state index < -0.39 is 0 Å². The maximum absolute atomic E-state index is 5.76. The molecule has 0 fully saturated rings. The van der Waals surface area contributed by atoms with Crippen molar-refractivity contribution in [1.82, 2.24) is 10.3 Å². The molecule has 0 aliphatic carbocycles. The molecule has 3 nitrogen and oxygen atoms in total. The van der Waals surface area contributed by atoms with Crippen molar-refractivity contribution in [2.24, 2.45) is 0 Å². The molecule has 0 radical (unpaired) electrons. The number of pyridine rings is 1. The van der Waals surface area contributed by atoms with E-state index in [2.05, 4.69) is 41.5 Å². The van der Waals surface area contributed by atoms with Gasteiger partial charge in [0.1, 0.15) is 5.75 Å². The smallest absolute Gasteiger partial charge is 0.130 e. The van der Waals surface area contributed by atoms with Crippen molar-refractivity contribution in [3.63, 3.8) is 0 Å². The lowest BCUT2D eigenvalue weighted by molar-refractivity contribution is 0.358. The summed E-state index contributed by atoms with van der Waals surface area (Å²) in [6.45, 7) is 4.72. The predicted molar refractivity (Wildman–Crippen MR) is 76.3 cm³/mol. The van der Waals surface area contributed by atoms with Gasteiger partial charge >= 0.3 is 0 Å². The first kappa shape index (κ1) is 12.2. The highest BCUT2D eigenvalue weighted by atomic mass is 16.5. The molecule has 3 heteroatoms. The number of hydrogen-bond acceptors (Lipinski definition) is 3. The van der Waals surface area contributed by atoms with Crippen LogP contribution in [0.25, 0.3) is 11.1 Å². The van der Waals surface area contributed by atoms with Crippen molar-refractivity contribution in [3.05, 3.63) is 47.8 Å². The third-order valence-electron chi connectivity index (χ3n) is 3.40. The van der Waals surface area contributed by atoms with Crippen molar-refractivity contribution < 1.29 is 4.74 Å². The van der Waals surface area contributed by atoms with E-state index in [9.17, 15) is 0 Å². The van der Waals surface area contributed by atoms with Gasteiger partial charge in [-0.2, -0.15) is 0 Å². The summed E-state index contributed by atoms with van der Waals surface area (Å²) in [6, 6.07) is 8.53. The van der Waals surface area contributed by atoms with Crippen molar-refractivity contribution >= 4 is 0 Å². The molecule has 0 unspecified atom stereocenters. The van der Waals surface area contributed by atoms with Crippen molar-refractivity contribution in [2.45, 2.75) is 19.9 Å². The number of nitrogens with one attached hydrogen (secondary N) is 1. The summed E-state index contributed by atoms with van der Waals surface area (Å²) in [6.07, 6.45) is 4.83. The molecule has 0 bridgehead atoms. The summed E-state index contributed by atoms with van der Waals surface area (Å²) in [5.41, 5.74) is 4.79. The fourth-order valence-electron chi connectivity index (χ4n) is 2.44. The molecule has 1 aliphatic heterocycles. The van der Waals surface area contributed by atoms with Crippen LogP contribution in [0.1, 0.15) is 18.1 Å². The average molecular weight is 254 g/mol. The van der Waals surface area contributed by atoms with Crippen LogP contribution in [0.2, 0.25) is 0 Å². The van der Waals surface area contributed by atoms with Gasteiger partial charge in [0.25, 0.3) is 0 Å². The molecule has 1 aromatic carbocycles. The van der Waals surface area contributed by atoms with E-state index in [-0.39, 0.29) is 0 Å². The molecule has 1 aromatic heterocycles. The Kier molecular flexibility index (Phi) is 3.47. The van der Waals surface area contributed by atoms with Crippen LogP contribution in [0.4, 0.5) is 0 Å². The molecule has 0 amide bonds. The number of ether oxygens (including phenoxy) is 1. The highest BCUT2D eigenvalue weighted by Gasteiger charge is 2.17. The van der Waals surface area contributed by atoms with Crippen LogP contribution in [0.15, 0.2) is 36.7 Å². The predicted octanol–water partition coefficient (Wildman–Crippen LogP) is 2.79. The number of rotatable bonds is 4. The second-order valence-electron chi connectivity index (χ2n) is 4.75. The largest absolute Gasteiger partial charge is 0.492 e. The minimum Gasteiger partial charge on any atom is -0.492 e. The molecule has 0 atom stereocenters. The molecular formula is C16H18N2O. The van der Waals surface area contributed by atoms with Crippen LogP contribution in [0.5, 0.6) is 5.75 Å². The van der Waals surface area contributed by atoms with E-state index in [4.69, 9.17) is 4.74 Å². The highest BCUT2D eigenvalue weighted by Crippen LogP contribution is 2.36. The van der Waals surface area contributed by atoms with Gasteiger partial charge in [0.2, 0.25) is 0 Å². The zero-order chi connectivity index (χ0) is 13.1. The lowest BCUT2D eigenvalue weighted by Gasteiger charge is -2.09. The average Bonchev–Trinajstić information content (AvgIpc) is 2.93. The second kappa shape index (κ2) is 5.41. The lowest BCUT2D eigenvalue weighted by atomic mass is 10.0. The Bertz CT molecular complexity index is 581. The van der Waals surface area contributed by atoms with Gasteiger partial charge in [0.05, 0.1) is 6.61 Å². The van der Waals surface area contributed by atoms with Gasteiger partial charge < -0.3 is 10.1 Å². The molecule has 19 heavy (non-hydrogen) atoms. The minimum absolute atomic E-state index is 0.789. The molecule has 98 valence electrons. The Morgan fingerprint density at radius 1 is 1.32 bits per heavy atom. The standard InChI is InChI=1S/C16H18N2O/c1-2-17-9-12-8-14(11-18-10-12)15-5-3-4-13-6-7-19-16(13)15/h3-5,8,10-11,17H,2,6-7,9H2,1H3. The summed E-state index contributed by atoms with van der Waals surface area (Å²) in [7, 11) is 0. The van der Waals surface area contributed by atoms with Crippen molar-refractivity contribution in [3.8, 4) is 16.9 Å². The zero-order valence-corrected chi connectivity index (χ0v) is 11.1. The molecule has 3 rings (SSSR count). The number of hydrogen-bond donors (Lipinski definition) is 1. The minimum atomic E-state index is 0.789. The van der Waals surface area contributed by atoms with Crippen LogP contribution in [-0.2, 0) is 13.0 Å². The Balaban J connectivity index is 1.96. The van der Waals surface area contributed by atoms with Gasteiger partial charge in [-0.3, -0.25) is 4.98 Å². The third-order valence-corrected chi connectivity index (χ3v) is 3.40. The van der Waals surface area contributed by atoms with E-state index in [0.717, 1.165) is 43.0 Å². The molecule has 1 aliphatic rings. The Labute approximate surface area is 113 Å². The van der Waals surface area contributed by atoms with Gasteiger partial charge in [-0.05, 0) is 23.7 Å². The quantitative estimate of drug-likeness (QED) is 0.911. The van der Waals surface area contributed by atoms with Crippen LogP contribution in [-0.4, -0.2) is 18.1 Å². The van der Waals surface area contributed by atoms with E-state index in [1.54, 1.807) is 0 Å². The number of para-hydroxylation sites is 1. The van der Waals surface area contributed by atoms with E-state index in [0.29, 0.717) is 0 Å². The first-order valence-electron chi connectivity index (χ1n) is 6.78. The molecular weight excluding hydrogens is 236 g/mol. The van der Waals surface area contributed by atoms with Gasteiger partial charge in [0.15, 0.2) is 0 Å². The SMILES string of the molecule is CCNCc1cncc(-c2cccc3c2OCC3)c1. The summed E-state index contributed by atoms with van der Waals surface area (Å²) in [5.74, 6) is 1.03. The molecule has 0 saturated heterocycles. The number of aromatic nitrogens is 1. The summed E-state index contributed by atoms with van der Waals surface area (Å²) < 4.78 is 5.76. The monoisotopic (exact) mass is 254 g/mol. The summed E-state index contributed by atoms with van der Waals surface area (Å²) >= 11 is 0. The van der Waals surface area contributed by atoms with Gasteiger partial charge in [-0.15, -0.1) is 0 Å². The topological polar surface area (TPSA) is 34.2 Å². The highest BCUT2D eigenvalue weighted by molar-refractivity contribution is 5.72. The maximum Gasteiger partial charge on any atom is 0.130 e. The fraction of sp³-hybridized carbons (Fsp3) is 0.312. The van der Waals surface area contributed by atoms with Crippen LogP contribution >= 0.6 is 0 Å². The number of nitrogens with zero attached hydrogens (tertiary/aromatic N) is 1. The summed E-state index contributed by atoms with van der Waals surface area (Å²) in [4.78, 5) is 4.34. The first-order chi connectivity index (χ1) is 9.38. The molecule has 2 heterocycles. The van der Waals surface area contributed by atoms with Gasteiger partial charge in [-0.1, -0.05) is 25.1 Å². The number of benzene rings is 1. The maximum atomic E-state index is 5.76. The summed E-state index contributed by atoms with van der Waals surface area (Å²) in [5, 5.41) is 3.32. The third kappa shape index (κ3) is 2.47. The van der Waals surface area contributed by atoms with Crippen LogP contribution < -0.4 is 10.1 Å². The second-order valence-corrected chi connectivity index (χ2v) is 4.75. The van der Waals surface area contributed by atoms with Crippen molar-refractivity contribution in [2.75, 3.05) is 13.2 Å². The van der Waals surface area contributed by atoms with Crippen LogP contribution in [0, 0.1) is 0 Å². The Morgan fingerprint density at radius 3 is 3.16 bits per heavy atom. The molecule has 1 N–H and O–H groups in total. The van der Waals surface area contributed by atoms with E-state index in [1.807, 2.05) is 12.4 Å². The first-order valence-corrected chi connectivity index (χ1v) is 6.78. The van der Waals surface area contributed by atoms with Crippen molar-refractivity contribution in [1.29, 1.82) is 0 Å². The van der Waals surface area contributed by atoms with Gasteiger partial charge in [-0.25, -0.2) is 0 Å². The normalized spacial score (nSPS) is 13.1. The van der Waals surface area contributed by atoms with Gasteiger partial charge in [0, 0.05) is 36.5 Å². The zero-order valence-electron chi connectivity index (χ0n) is 11.1. The van der Waals surface area contributed by atoms with E-state index in [1.165, 1.54) is 11.1 Å². The lowest BCUT2D eigenvalue weighted by Crippen LogP contribution is -2.11. The molecule has 0 spiro atoms. The molecule has 2 aromatic rings. The number of fused-ring (bicyclic) bond motifs is 1. The molecule has 0 saturated carbocycles. The Hall–Kier alpha value is -1.87.